The maximum atomic E-state index is 5.84. The van der Waals surface area contributed by atoms with Gasteiger partial charge in [-0.05, 0) is 45.8 Å². The van der Waals surface area contributed by atoms with Crippen LogP contribution in [-0.2, 0) is 13.1 Å². The maximum absolute atomic E-state index is 5.84. The van der Waals surface area contributed by atoms with Gasteiger partial charge in [0.2, 0.25) is 0 Å². The van der Waals surface area contributed by atoms with Crippen LogP contribution < -0.4 is 5.32 Å². The summed E-state index contributed by atoms with van der Waals surface area (Å²) < 4.78 is 5.84. The third kappa shape index (κ3) is 4.08. The summed E-state index contributed by atoms with van der Waals surface area (Å²) in [6, 6.07) is 3.00. The fourth-order valence-electron chi connectivity index (χ4n) is 2.96. The van der Waals surface area contributed by atoms with Gasteiger partial charge < -0.3 is 9.73 Å². The van der Waals surface area contributed by atoms with Crippen LogP contribution >= 0.6 is 0 Å². The fraction of sp³-hybridized carbons (Fsp3) is 0.750. The minimum Gasteiger partial charge on any atom is -0.465 e. The van der Waals surface area contributed by atoms with Crippen LogP contribution in [0.2, 0.25) is 0 Å². The topological polar surface area (TPSA) is 28.4 Å². The third-order valence-electron chi connectivity index (χ3n) is 4.17. The van der Waals surface area contributed by atoms with E-state index >= 15 is 0 Å². The van der Waals surface area contributed by atoms with E-state index in [2.05, 4.69) is 37.2 Å². The molecule has 0 amide bonds. The van der Waals surface area contributed by atoms with Crippen molar-refractivity contribution in [2.24, 2.45) is 0 Å². The van der Waals surface area contributed by atoms with E-state index in [0.29, 0.717) is 0 Å². The van der Waals surface area contributed by atoms with E-state index in [1.807, 2.05) is 0 Å². The number of hydrogen-bond acceptors (Lipinski definition) is 3. The summed E-state index contributed by atoms with van der Waals surface area (Å²) in [6.45, 7) is 7.19. The summed E-state index contributed by atoms with van der Waals surface area (Å²) in [4.78, 5) is 2.49. The predicted octanol–water partition coefficient (Wildman–Crippen LogP) is 3.46. The van der Waals surface area contributed by atoms with E-state index in [4.69, 9.17) is 4.42 Å². The van der Waals surface area contributed by atoms with E-state index in [0.717, 1.165) is 43.6 Å². The molecule has 0 aliphatic heterocycles. The van der Waals surface area contributed by atoms with Crippen molar-refractivity contribution in [3.8, 4) is 0 Å². The highest BCUT2D eigenvalue weighted by molar-refractivity contribution is 5.20. The van der Waals surface area contributed by atoms with Crippen molar-refractivity contribution in [3.63, 3.8) is 0 Å². The molecular formula is C16H28N2O. The summed E-state index contributed by atoms with van der Waals surface area (Å²) in [5.41, 5.74) is 1.35. The van der Waals surface area contributed by atoms with Crippen molar-refractivity contribution < 1.29 is 4.42 Å². The van der Waals surface area contributed by atoms with Crippen LogP contribution in [0.1, 0.15) is 56.1 Å². The van der Waals surface area contributed by atoms with Gasteiger partial charge in [0.25, 0.3) is 0 Å². The lowest BCUT2D eigenvalue weighted by molar-refractivity contribution is 0.236. The summed E-state index contributed by atoms with van der Waals surface area (Å²) in [5.74, 6) is 2.15. The van der Waals surface area contributed by atoms with Crippen LogP contribution in [0.3, 0.4) is 0 Å². The summed E-state index contributed by atoms with van der Waals surface area (Å²) in [5, 5.41) is 3.39. The van der Waals surface area contributed by atoms with E-state index in [-0.39, 0.29) is 0 Å². The molecule has 0 radical (unpaired) electrons. The maximum Gasteiger partial charge on any atom is 0.118 e. The number of hydrogen-bond donors (Lipinski definition) is 1. The first-order valence-corrected chi connectivity index (χ1v) is 7.70. The quantitative estimate of drug-likeness (QED) is 0.764. The Balaban J connectivity index is 1.88. The highest BCUT2D eigenvalue weighted by atomic mass is 16.3. The highest BCUT2D eigenvalue weighted by Gasteiger charge is 2.20. The lowest BCUT2D eigenvalue weighted by atomic mass is 10.1. The Morgan fingerprint density at radius 2 is 2.11 bits per heavy atom. The molecule has 1 heterocycles. The van der Waals surface area contributed by atoms with Gasteiger partial charge in [-0.25, -0.2) is 0 Å². The number of nitrogens with zero attached hydrogens (tertiary/aromatic N) is 1. The Kier molecular flexibility index (Phi) is 5.46. The van der Waals surface area contributed by atoms with Gasteiger partial charge in [-0.3, -0.25) is 4.90 Å². The molecule has 1 aromatic heterocycles. The van der Waals surface area contributed by atoms with Gasteiger partial charge in [0.15, 0.2) is 0 Å². The lowest BCUT2D eigenvalue weighted by Gasteiger charge is -2.23. The van der Waals surface area contributed by atoms with E-state index in [1.54, 1.807) is 0 Å². The predicted molar refractivity (Wildman–Crippen MR) is 79.2 cm³/mol. The number of furan rings is 1. The number of rotatable bonds is 7. The smallest absolute Gasteiger partial charge is 0.118 e. The van der Waals surface area contributed by atoms with Crippen LogP contribution in [0.4, 0.5) is 0 Å². The fourth-order valence-corrected chi connectivity index (χ4v) is 2.96. The molecule has 108 valence electrons. The minimum atomic E-state index is 0.774. The van der Waals surface area contributed by atoms with Gasteiger partial charge in [0.1, 0.15) is 11.5 Å². The van der Waals surface area contributed by atoms with Gasteiger partial charge in [-0.1, -0.05) is 19.8 Å². The van der Waals surface area contributed by atoms with Crippen molar-refractivity contribution in [1.29, 1.82) is 0 Å². The van der Waals surface area contributed by atoms with Crippen molar-refractivity contribution in [1.82, 2.24) is 10.2 Å². The molecule has 1 N–H and O–H groups in total. The highest BCUT2D eigenvalue weighted by Crippen LogP contribution is 2.25. The molecule has 0 aromatic carbocycles. The second-order valence-corrected chi connectivity index (χ2v) is 5.82. The Morgan fingerprint density at radius 3 is 2.79 bits per heavy atom. The lowest BCUT2D eigenvalue weighted by Crippen LogP contribution is -2.28. The summed E-state index contributed by atoms with van der Waals surface area (Å²) in [7, 11) is 2.25. The molecule has 0 spiro atoms. The second-order valence-electron chi connectivity index (χ2n) is 5.82. The average molecular weight is 264 g/mol. The zero-order chi connectivity index (χ0) is 13.7. The average Bonchev–Trinajstić information content (AvgIpc) is 3.01. The molecule has 1 aromatic rings. The van der Waals surface area contributed by atoms with E-state index in [1.165, 1.54) is 31.2 Å². The van der Waals surface area contributed by atoms with Gasteiger partial charge >= 0.3 is 0 Å². The first-order chi connectivity index (χ1) is 9.20. The third-order valence-corrected chi connectivity index (χ3v) is 4.17. The molecule has 1 saturated carbocycles. The van der Waals surface area contributed by atoms with Crippen molar-refractivity contribution in [2.75, 3.05) is 13.6 Å². The molecule has 1 aliphatic rings. The monoisotopic (exact) mass is 264 g/mol. The first-order valence-electron chi connectivity index (χ1n) is 7.70. The minimum absolute atomic E-state index is 0.774. The van der Waals surface area contributed by atoms with Crippen LogP contribution in [0, 0.1) is 6.92 Å². The molecule has 19 heavy (non-hydrogen) atoms. The molecule has 1 aliphatic carbocycles. The SMILES string of the molecule is CCCNCc1cc(CN(C)C2CCCC2)c(C)o1. The Labute approximate surface area is 117 Å². The molecule has 3 nitrogen and oxygen atoms in total. The second kappa shape index (κ2) is 7.11. The summed E-state index contributed by atoms with van der Waals surface area (Å²) >= 11 is 0. The molecule has 0 saturated heterocycles. The van der Waals surface area contributed by atoms with Crippen molar-refractivity contribution in [2.45, 2.75) is 65.1 Å². The zero-order valence-electron chi connectivity index (χ0n) is 12.7. The molecule has 0 bridgehead atoms. The molecular weight excluding hydrogens is 236 g/mol. The first kappa shape index (κ1) is 14.6. The van der Waals surface area contributed by atoms with Crippen LogP contribution in [0.5, 0.6) is 0 Å². The standard InChI is InChI=1S/C16H28N2O/c1-4-9-17-11-16-10-14(13(2)19-16)12-18(3)15-7-5-6-8-15/h10,15,17H,4-9,11-12H2,1-3H3. The van der Waals surface area contributed by atoms with Crippen molar-refractivity contribution in [3.05, 3.63) is 23.2 Å². The molecule has 3 heteroatoms. The number of aryl methyl sites for hydroxylation is 1. The largest absolute Gasteiger partial charge is 0.465 e. The van der Waals surface area contributed by atoms with Gasteiger partial charge in [0.05, 0.1) is 6.54 Å². The molecule has 2 rings (SSSR count). The van der Waals surface area contributed by atoms with Gasteiger partial charge in [-0.15, -0.1) is 0 Å². The normalized spacial score (nSPS) is 16.6. The summed E-state index contributed by atoms with van der Waals surface area (Å²) in [6.07, 6.45) is 6.67. The molecule has 1 fully saturated rings. The van der Waals surface area contributed by atoms with Crippen molar-refractivity contribution >= 4 is 0 Å². The van der Waals surface area contributed by atoms with Gasteiger partial charge in [-0.2, -0.15) is 0 Å². The number of nitrogens with one attached hydrogen (secondary N) is 1. The van der Waals surface area contributed by atoms with E-state index < -0.39 is 0 Å². The van der Waals surface area contributed by atoms with E-state index in [9.17, 15) is 0 Å². The van der Waals surface area contributed by atoms with Gasteiger partial charge in [0, 0.05) is 18.2 Å². The Bertz CT molecular complexity index is 380. The van der Waals surface area contributed by atoms with Crippen LogP contribution in [0.15, 0.2) is 10.5 Å². The Morgan fingerprint density at radius 1 is 1.37 bits per heavy atom. The zero-order valence-corrected chi connectivity index (χ0v) is 12.7. The molecule has 0 unspecified atom stereocenters. The Hall–Kier alpha value is -0.800. The van der Waals surface area contributed by atoms with Crippen LogP contribution in [0.25, 0.3) is 0 Å². The molecule has 0 atom stereocenters. The van der Waals surface area contributed by atoms with Crippen LogP contribution in [-0.4, -0.2) is 24.5 Å².